The predicted octanol–water partition coefficient (Wildman–Crippen LogP) is 4.54. The van der Waals surface area contributed by atoms with E-state index in [0.29, 0.717) is 0 Å². The highest BCUT2D eigenvalue weighted by Gasteiger charge is 2.45. The number of hydrogen-bond donors (Lipinski definition) is 0. The first-order valence-corrected chi connectivity index (χ1v) is 6.47. The van der Waals surface area contributed by atoms with Crippen LogP contribution in [-0.4, -0.2) is 17.7 Å². The van der Waals surface area contributed by atoms with Gasteiger partial charge in [-0.15, -0.1) is 0 Å². The molecule has 0 bridgehead atoms. The summed E-state index contributed by atoms with van der Waals surface area (Å²) < 4.78 is 44.8. The minimum absolute atomic E-state index is 0.0241. The molecule has 116 valence electrons. The number of halogens is 3. The number of hydrogen-bond acceptors (Lipinski definition) is 2. The molecule has 0 N–H and O–H groups in total. The molecule has 1 unspecified atom stereocenters. The fourth-order valence-electron chi connectivity index (χ4n) is 1.81. The molecule has 0 aliphatic rings. The van der Waals surface area contributed by atoms with E-state index in [9.17, 15) is 18.0 Å². The van der Waals surface area contributed by atoms with Gasteiger partial charge in [0.1, 0.15) is 11.5 Å². The Morgan fingerprint density at radius 2 is 1.62 bits per heavy atom. The number of ether oxygens (including phenoxy) is 1. The predicted molar refractivity (Wildman–Crippen MR) is 75.0 cm³/mol. The van der Waals surface area contributed by atoms with Crippen LogP contribution in [0.15, 0.2) is 36.4 Å². The Hall–Kier alpha value is -1.78. The first-order valence-electron chi connectivity index (χ1n) is 6.47. The summed E-state index contributed by atoms with van der Waals surface area (Å²) in [6.07, 6.45) is -4.61. The molecule has 0 radical (unpaired) electrons. The number of esters is 1. The van der Waals surface area contributed by atoms with Crippen LogP contribution < -0.4 is 0 Å². The Balaban J connectivity index is 3.12. The lowest BCUT2D eigenvalue weighted by molar-refractivity contribution is -0.161. The van der Waals surface area contributed by atoms with E-state index in [2.05, 4.69) is 6.58 Å². The Bertz CT molecular complexity index is 522. The van der Waals surface area contributed by atoms with Gasteiger partial charge in [-0.3, -0.25) is 0 Å². The number of carbonyl (C=O) groups excluding carboxylic acids is 1. The number of benzene rings is 1. The van der Waals surface area contributed by atoms with Crippen molar-refractivity contribution in [3.05, 3.63) is 47.5 Å². The maximum atomic E-state index is 13.3. The quantitative estimate of drug-likeness (QED) is 0.605. The van der Waals surface area contributed by atoms with E-state index >= 15 is 0 Å². The van der Waals surface area contributed by atoms with Crippen LogP contribution in [0.25, 0.3) is 0 Å². The van der Waals surface area contributed by atoms with Crippen molar-refractivity contribution in [2.24, 2.45) is 0 Å². The van der Waals surface area contributed by atoms with Crippen molar-refractivity contribution < 1.29 is 22.7 Å². The molecule has 21 heavy (non-hydrogen) atoms. The molecule has 0 saturated carbocycles. The molecular formula is C16H19F3O2. The lowest BCUT2D eigenvalue weighted by atomic mass is 9.90. The molecule has 5 heteroatoms. The third-order valence-corrected chi connectivity index (χ3v) is 2.75. The fourth-order valence-corrected chi connectivity index (χ4v) is 1.81. The van der Waals surface area contributed by atoms with Gasteiger partial charge < -0.3 is 4.74 Å². The van der Waals surface area contributed by atoms with Crippen molar-refractivity contribution in [3.63, 3.8) is 0 Å². The average Bonchev–Trinajstić information content (AvgIpc) is 2.27. The molecule has 0 aliphatic heterocycles. The third kappa shape index (κ3) is 4.92. The molecule has 0 saturated heterocycles. The van der Waals surface area contributed by atoms with E-state index in [4.69, 9.17) is 4.74 Å². The van der Waals surface area contributed by atoms with Crippen molar-refractivity contribution in [1.29, 1.82) is 0 Å². The third-order valence-electron chi connectivity index (χ3n) is 2.75. The second kappa shape index (κ2) is 5.92. The van der Waals surface area contributed by atoms with Crippen LogP contribution in [0.5, 0.6) is 0 Å². The molecule has 2 nitrogen and oxygen atoms in total. The van der Waals surface area contributed by atoms with Crippen molar-refractivity contribution in [1.82, 2.24) is 0 Å². The average molecular weight is 300 g/mol. The number of alkyl halides is 3. The van der Waals surface area contributed by atoms with Gasteiger partial charge >= 0.3 is 12.1 Å². The molecular weight excluding hydrogens is 281 g/mol. The summed E-state index contributed by atoms with van der Waals surface area (Å²) >= 11 is 0. The normalized spacial score (nSPS) is 13.7. The molecule has 0 aromatic heterocycles. The standard InChI is InChI=1S/C16H19F3O2/c1-10-6-8-12(9-7-10)13(16(17,18)19)11(2)14(20)21-15(3,4)5/h6-9,13H,2H2,1,3-5H3. The molecule has 1 atom stereocenters. The van der Waals surface area contributed by atoms with E-state index in [1.165, 1.54) is 12.1 Å². The zero-order valence-electron chi connectivity index (χ0n) is 12.5. The monoisotopic (exact) mass is 300 g/mol. The van der Waals surface area contributed by atoms with Crippen molar-refractivity contribution in [2.45, 2.75) is 45.4 Å². The number of carbonyl (C=O) groups is 1. The molecule has 0 spiro atoms. The topological polar surface area (TPSA) is 26.3 Å². The fraction of sp³-hybridized carbons (Fsp3) is 0.438. The molecule has 1 aromatic rings. The molecule has 1 aromatic carbocycles. The van der Waals surface area contributed by atoms with Crippen LogP contribution in [0.4, 0.5) is 13.2 Å². The highest BCUT2D eigenvalue weighted by atomic mass is 19.4. The van der Waals surface area contributed by atoms with Crippen LogP contribution in [-0.2, 0) is 9.53 Å². The van der Waals surface area contributed by atoms with Gasteiger partial charge in [0, 0.05) is 5.57 Å². The van der Waals surface area contributed by atoms with Crippen molar-refractivity contribution in [3.8, 4) is 0 Å². The summed E-state index contributed by atoms with van der Waals surface area (Å²) in [5, 5.41) is 0. The summed E-state index contributed by atoms with van der Waals surface area (Å²) in [4.78, 5) is 11.9. The zero-order valence-corrected chi connectivity index (χ0v) is 12.5. The summed E-state index contributed by atoms with van der Waals surface area (Å²) in [5.41, 5.74) is -0.670. The summed E-state index contributed by atoms with van der Waals surface area (Å²) in [5.74, 6) is -3.10. The highest BCUT2D eigenvalue weighted by Crippen LogP contribution is 2.40. The minimum atomic E-state index is -4.61. The van der Waals surface area contributed by atoms with Gasteiger partial charge in [0.05, 0.1) is 0 Å². The Morgan fingerprint density at radius 3 is 2.00 bits per heavy atom. The van der Waals surface area contributed by atoms with Gasteiger partial charge in [0.15, 0.2) is 0 Å². The zero-order chi connectivity index (χ0) is 16.4. The van der Waals surface area contributed by atoms with Crippen molar-refractivity contribution in [2.75, 3.05) is 0 Å². The van der Waals surface area contributed by atoms with E-state index in [-0.39, 0.29) is 5.56 Å². The largest absolute Gasteiger partial charge is 0.457 e. The van der Waals surface area contributed by atoms with Gasteiger partial charge in [-0.2, -0.15) is 13.2 Å². The van der Waals surface area contributed by atoms with E-state index in [1.54, 1.807) is 39.8 Å². The van der Waals surface area contributed by atoms with Gasteiger partial charge in [-0.1, -0.05) is 36.4 Å². The van der Waals surface area contributed by atoms with Crippen LogP contribution >= 0.6 is 0 Å². The maximum absolute atomic E-state index is 13.3. The van der Waals surface area contributed by atoms with Gasteiger partial charge in [-0.25, -0.2) is 4.79 Å². The molecule has 0 heterocycles. The van der Waals surface area contributed by atoms with Crippen LogP contribution in [0, 0.1) is 6.92 Å². The lowest BCUT2D eigenvalue weighted by Crippen LogP contribution is -2.31. The highest BCUT2D eigenvalue weighted by molar-refractivity contribution is 5.90. The number of rotatable bonds is 3. The molecule has 0 amide bonds. The van der Waals surface area contributed by atoms with Crippen LogP contribution in [0.2, 0.25) is 0 Å². The van der Waals surface area contributed by atoms with Crippen LogP contribution in [0.1, 0.15) is 37.8 Å². The van der Waals surface area contributed by atoms with Gasteiger partial charge in [-0.05, 0) is 33.3 Å². The Morgan fingerprint density at radius 1 is 1.14 bits per heavy atom. The molecule has 0 fully saturated rings. The maximum Gasteiger partial charge on any atom is 0.399 e. The van der Waals surface area contributed by atoms with Gasteiger partial charge in [0.2, 0.25) is 0 Å². The smallest absolute Gasteiger partial charge is 0.399 e. The van der Waals surface area contributed by atoms with E-state index in [0.717, 1.165) is 5.56 Å². The minimum Gasteiger partial charge on any atom is -0.457 e. The Labute approximate surface area is 122 Å². The number of aryl methyl sites for hydroxylation is 1. The molecule has 1 rings (SSSR count). The Kier molecular flexibility index (Phi) is 4.87. The summed E-state index contributed by atoms with van der Waals surface area (Å²) in [6, 6.07) is 5.83. The van der Waals surface area contributed by atoms with E-state index in [1.807, 2.05) is 0 Å². The SMILES string of the molecule is C=C(C(=O)OC(C)(C)C)C(c1ccc(C)cc1)C(F)(F)F. The summed E-state index contributed by atoms with van der Waals surface area (Å²) in [6.45, 7) is 9.85. The second-order valence-corrected chi connectivity index (χ2v) is 5.91. The first-order chi connectivity index (χ1) is 9.42. The second-order valence-electron chi connectivity index (χ2n) is 5.91. The van der Waals surface area contributed by atoms with Crippen molar-refractivity contribution >= 4 is 5.97 Å². The van der Waals surface area contributed by atoms with Gasteiger partial charge in [0.25, 0.3) is 0 Å². The van der Waals surface area contributed by atoms with E-state index < -0.39 is 29.2 Å². The van der Waals surface area contributed by atoms with Crippen LogP contribution in [0.3, 0.4) is 0 Å². The molecule has 0 aliphatic carbocycles. The lowest BCUT2D eigenvalue weighted by Gasteiger charge is -2.25. The summed E-state index contributed by atoms with van der Waals surface area (Å²) in [7, 11) is 0. The first kappa shape index (κ1) is 17.3.